The number of rotatable bonds is 4. The average molecular weight is 392 g/mol. The van der Waals surface area contributed by atoms with Crippen LogP contribution in [0.2, 0.25) is 0 Å². The third-order valence-electron chi connectivity index (χ3n) is 7.44. The zero-order chi connectivity index (χ0) is 18.8. The fourth-order valence-corrected chi connectivity index (χ4v) is 7.95. The van der Waals surface area contributed by atoms with E-state index in [-0.39, 0.29) is 16.8 Å². The normalized spacial score (nSPS) is 35.7. The van der Waals surface area contributed by atoms with Crippen LogP contribution in [-0.2, 0) is 17.1 Å². The van der Waals surface area contributed by atoms with Crippen LogP contribution in [0.4, 0.5) is 0 Å². The van der Waals surface area contributed by atoms with Crippen LogP contribution in [-0.4, -0.2) is 42.3 Å². The summed E-state index contributed by atoms with van der Waals surface area (Å²) in [4.78, 5) is 13.2. The zero-order valence-corrected chi connectivity index (χ0v) is 16.7. The molecule has 7 heteroatoms. The van der Waals surface area contributed by atoms with Gasteiger partial charge in [0, 0.05) is 32.4 Å². The van der Waals surface area contributed by atoms with E-state index in [1.807, 2.05) is 0 Å². The predicted molar refractivity (Wildman–Crippen MR) is 102 cm³/mol. The molecule has 0 aromatic carbocycles. The van der Waals surface area contributed by atoms with E-state index in [1.54, 1.807) is 23.9 Å². The van der Waals surface area contributed by atoms with Crippen molar-refractivity contribution in [3.8, 4) is 0 Å². The van der Waals surface area contributed by atoms with Gasteiger partial charge in [0.25, 0.3) is 5.91 Å². The summed E-state index contributed by atoms with van der Waals surface area (Å²) in [6.07, 6.45) is 9.79. The standard InChI is InChI=1S/C20H29N3O3S/c1-22-12-17(27(25,26)23-4-2-3-5-23)11-18(22)20(24)21-19-15-7-13-6-14(9-15)10-16(19)8-13/h11-16,19H,2-10H2,1H3,(H,21,24). The first-order valence-corrected chi connectivity index (χ1v) is 11.8. The summed E-state index contributed by atoms with van der Waals surface area (Å²) in [5.41, 5.74) is 0.446. The topological polar surface area (TPSA) is 71.4 Å². The Hall–Kier alpha value is -1.34. The number of aryl methyl sites for hydroxylation is 1. The quantitative estimate of drug-likeness (QED) is 0.856. The number of hydrogen-bond acceptors (Lipinski definition) is 3. The van der Waals surface area contributed by atoms with E-state index in [1.165, 1.54) is 36.4 Å². The molecule has 27 heavy (non-hydrogen) atoms. The van der Waals surface area contributed by atoms with Gasteiger partial charge in [-0.05, 0) is 74.7 Å². The number of sulfonamides is 1. The zero-order valence-electron chi connectivity index (χ0n) is 15.9. The number of carbonyl (C=O) groups is 1. The summed E-state index contributed by atoms with van der Waals surface area (Å²) in [6, 6.07) is 1.82. The van der Waals surface area contributed by atoms with E-state index in [0.29, 0.717) is 30.6 Å². The van der Waals surface area contributed by atoms with Gasteiger partial charge in [-0.25, -0.2) is 8.42 Å². The molecule has 1 saturated heterocycles. The molecule has 0 radical (unpaired) electrons. The van der Waals surface area contributed by atoms with Gasteiger partial charge < -0.3 is 9.88 Å². The molecule has 0 spiro atoms. The first-order valence-electron chi connectivity index (χ1n) is 10.4. The number of aromatic nitrogens is 1. The third kappa shape index (κ3) is 2.94. The van der Waals surface area contributed by atoms with Gasteiger partial charge in [-0.15, -0.1) is 0 Å². The molecule has 4 saturated carbocycles. The molecule has 1 aromatic heterocycles. The summed E-state index contributed by atoms with van der Waals surface area (Å²) in [6.45, 7) is 1.15. The van der Waals surface area contributed by atoms with Crippen LogP contribution in [0.3, 0.4) is 0 Å². The van der Waals surface area contributed by atoms with Crippen LogP contribution < -0.4 is 5.32 Å². The van der Waals surface area contributed by atoms with E-state index in [0.717, 1.165) is 24.7 Å². The number of nitrogens with zero attached hydrogens (tertiary/aromatic N) is 2. The second-order valence-electron chi connectivity index (χ2n) is 9.21. The second kappa shape index (κ2) is 6.34. The molecule has 4 aliphatic carbocycles. The van der Waals surface area contributed by atoms with Crippen LogP contribution in [0.15, 0.2) is 17.2 Å². The van der Waals surface area contributed by atoms with Gasteiger partial charge in [0.1, 0.15) is 10.6 Å². The molecule has 1 aliphatic heterocycles. The van der Waals surface area contributed by atoms with Crippen LogP contribution in [0.25, 0.3) is 0 Å². The van der Waals surface area contributed by atoms with Crippen LogP contribution in [0.5, 0.6) is 0 Å². The Morgan fingerprint density at radius 2 is 1.63 bits per heavy atom. The first-order chi connectivity index (χ1) is 12.9. The van der Waals surface area contributed by atoms with Crippen molar-refractivity contribution in [2.45, 2.75) is 55.9 Å². The van der Waals surface area contributed by atoms with Crippen molar-refractivity contribution < 1.29 is 13.2 Å². The third-order valence-corrected chi connectivity index (χ3v) is 9.30. The van der Waals surface area contributed by atoms with Gasteiger partial charge in [0.15, 0.2) is 0 Å². The van der Waals surface area contributed by atoms with Gasteiger partial charge in [-0.3, -0.25) is 4.79 Å². The van der Waals surface area contributed by atoms with E-state index in [9.17, 15) is 13.2 Å². The lowest BCUT2D eigenvalue weighted by Gasteiger charge is -2.54. The Morgan fingerprint density at radius 1 is 1.04 bits per heavy atom. The highest BCUT2D eigenvalue weighted by atomic mass is 32.2. The average Bonchev–Trinajstić information content (AvgIpc) is 3.27. The highest BCUT2D eigenvalue weighted by molar-refractivity contribution is 7.89. The Kier molecular flexibility index (Phi) is 4.17. The first kappa shape index (κ1) is 17.7. The summed E-state index contributed by atoms with van der Waals surface area (Å²) in [5, 5.41) is 3.29. The molecule has 5 aliphatic rings. The summed E-state index contributed by atoms with van der Waals surface area (Å²) in [7, 11) is -1.73. The SMILES string of the molecule is Cn1cc(S(=O)(=O)N2CCCC2)cc1C(=O)NC1C2CC3CC(C2)CC1C3. The molecule has 5 fully saturated rings. The molecule has 1 N–H and O–H groups in total. The molecule has 6 nitrogen and oxygen atoms in total. The van der Waals surface area contributed by atoms with Crippen molar-refractivity contribution in [2.24, 2.45) is 30.7 Å². The van der Waals surface area contributed by atoms with E-state index < -0.39 is 10.0 Å². The predicted octanol–water partition coefficient (Wildman–Crippen LogP) is 2.36. The lowest BCUT2D eigenvalue weighted by Crippen LogP contribution is -2.56. The monoisotopic (exact) mass is 391 g/mol. The minimum Gasteiger partial charge on any atom is -0.347 e. The molecule has 2 heterocycles. The lowest BCUT2D eigenvalue weighted by atomic mass is 9.54. The smallest absolute Gasteiger partial charge is 0.268 e. The largest absolute Gasteiger partial charge is 0.347 e. The van der Waals surface area contributed by atoms with Crippen LogP contribution >= 0.6 is 0 Å². The minimum absolute atomic E-state index is 0.127. The number of hydrogen-bond donors (Lipinski definition) is 1. The molecular weight excluding hydrogens is 362 g/mol. The Bertz CT molecular complexity index is 826. The van der Waals surface area contributed by atoms with Gasteiger partial charge >= 0.3 is 0 Å². The summed E-state index contributed by atoms with van der Waals surface area (Å²) < 4.78 is 28.8. The van der Waals surface area contributed by atoms with E-state index in [4.69, 9.17) is 0 Å². The summed E-state index contributed by atoms with van der Waals surface area (Å²) in [5.74, 6) is 2.83. The van der Waals surface area contributed by atoms with Gasteiger partial charge in [-0.2, -0.15) is 4.31 Å². The fourth-order valence-electron chi connectivity index (χ4n) is 6.36. The van der Waals surface area contributed by atoms with Crippen molar-refractivity contribution in [1.82, 2.24) is 14.2 Å². The molecule has 1 amide bonds. The Labute approximate surface area is 161 Å². The molecule has 1 aromatic rings. The molecule has 6 rings (SSSR count). The van der Waals surface area contributed by atoms with Crippen molar-refractivity contribution in [3.63, 3.8) is 0 Å². The molecule has 0 unspecified atom stereocenters. The number of nitrogens with one attached hydrogen (secondary N) is 1. The Morgan fingerprint density at radius 3 is 2.22 bits per heavy atom. The molecule has 148 valence electrons. The van der Waals surface area contributed by atoms with Crippen LogP contribution in [0, 0.1) is 23.7 Å². The number of carbonyl (C=O) groups excluding carboxylic acids is 1. The highest BCUT2D eigenvalue weighted by Crippen LogP contribution is 2.53. The lowest BCUT2D eigenvalue weighted by molar-refractivity contribution is -0.0120. The van der Waals surface area contributed by atoms with Crippen LogP contribution in [0.1, 0.15) is 55.4 Å². The second-order valence-corrected chi connectivity index (χ2v) is 11.2. The maximum absolute atomic E-state index is 13.0. The minimum atomic E-state index is -3.49. The van der Waals surface area contributed by atoms with Crippen molar-refractivity contribution in [3.05, 3.63) is 18.0 Å². The molecular formula is C20H29N3O3S. The Balaban J connectivity index is 1.34. The van der Waals surface area contributed by atoms with E-state index in [2.05, 4.69) is 5.32 Å². The van der Waals surface area contributed by atoms with Crippen molar-refractivity contribution in [1.29, 1.82) is 0 Å². The van der Waals surface area contributed by atoms with Gasteiger partial charge in [0.2, 0.25) is 10.0 Å². The maximum Gasteiger partial charge on any atom is 0.268 e. The highest BCUT2D eigenvalue weighted by Gasteiger charge is 2.48. The van der Waals surface area contributed by atoms with Gasteiger partial charge in [0.05, 0.1) is 0 Å². The number of amides is 1. The molecule has 0 atom stereocenters. The van der Waals surface area contributed by atoms with Crippen molar-refractivity contribution >= 4 is 15.9 Å². The van der Waals surface area contributed by atoms with E-state index >= 15 is 0 Å². The summed E-state index contributed by atoms with van der Waals surface area (Å²) >= 11 is 0. The van der Waals surface area contributed by atoms with Crippen molar-refractivity contribution in [2.75, 3.05) is 13.1 Å². The maximum atomic E-state index is 13.0. The fraction of sp³-hybridized carbons (Fsp3) is 0.750. The molecule has 4 bridgehead atoms. The van der Waals surface area contributed by atoms with Gasteiger partial charge in [-0.1, -0.05) is 0 Å².